The highest BCUT2D eigenvalue weighted by atomic mass is 79.9. The average Bonchev–Trinajstić information content (AvgIpc) is 2.79. The zero-order valence-corrected chi connectivity index (χ0v) is 21.6. The largest absolute Gasteiger partial charge is 0.496 e. The van der Waals surface area contributed by atoms with Gasteiger partial charge in [-0.1, -0.05) is 55.2 Å². The number of hydrogen-bond donors (Lipinski definition) is 2. The number of nitrogens with zero attached hydrogens (tertiary/aromatic N) is 1. The fourth-order valence-electron chi connectivity index (χ4n) is 2.29. The molecular formula is C23H26Br2N2O6. The van der Waals surface area contributed by atoms with Crippen molar-refractivity contribution in [1.29, 1.82) is 0 Å². The zero-order chi connectivity index (χ0) is 24.6. The fraction of sp³-hybridized carbons (Fsp3) is 0.217. The molecule has 0 heterocycles. The lowest BCUT2D eigenvalue weighted by Gasteiger charge is -2.04. The maximum atomic E-state index is 10.5. The van der Waals surface area contributed by atoms with E-state index < -0.39 is 5.97 Å². The summed E-state index contributed by atoms with van der Waals surface area (Å²) in [5.74, 6) is 5.36. The Balaban J connectivity index is 0.000000346. The smallest absolute Gasteiger partial charge is 0.353 e. The summed E-state index contributed by atoms with van der Waals surface area (Å²) in [5.41, 5.74) is 1.78. The summed E-state index contributed by atoms with van der Waals surface area (Å²) in [4.78, 5) is 19.7. The Morgan fingerprint density at radius 2 is 1.45 bits per heavy atom. The summed E-state index contributed by atoms with van der Waals surface area (Å²) in [6.45, 7) is 1.93. The highest BCUT2D eigenvalue weighted by molar-refractivity contribution is 9.10. The zero-order valence-electron chi connectivity index (χ0n) is 18.5. The normalized spacial score (nSPS) is 11.3. The number of carbonyl (C=O) groups is 1. The second-order valence-electron chi connectivity index (χ2n) is 6.19. The van der Waals surface area contributed by atoms with Crippen LogP contribution in [-0.2, 0) is 14.5 Å². The molecule has 8 nitrogen and oxygen atoms in total. The molecule has 0 saturated heterocycles. The van der Waals surface area contributed by atoms with Gasteiger partial charge in [0, 0.05) is 20.1 Å². The van der Waals surface area contributed by atoms with Gasteiger partial charge in [0.05, 0.1) is 20.8 Å². The van der Waals surface area contributed by atoms with Crippen molar-refractivity contribution in [3.8, 4) is 11.5 Å². The van der Waals surface area contributed by atoms with E-state index in [1.54, 1.807) is 20.3 Å². The number of nitrogens with two attached hydrogens (primary N) is 1. The average molecular weight is 586 g/mol. The van der Waals surface area contributed by atoms with Crippen LogP contribution in [0, 0.1) is 0 Å². The molecule has 2 aromatic rings. The van der Waals surface area contributed by atoms with E-state index in [9.17, 15) is 4.79 Å². The topological polar surface area (TPSA) is 113 Å². The van der Waals surface area contributed by atoms with E-state index in [1.165, 1.54) is 6.92 Å². The van der Waals surface area contributed by atoms with Gasteiger partial charge in [-0.2, -0.15) is 0 Å². The number of halogens is 2. The molecule has 0 radical (unpaired) electrons. The molecule has 0 amide bonds. The molecule has 3 N–H and O–H groups in total. The Hall–Kier alpha value is -2.66. The van der Waals surface area contributed by atoms with Crippen molar-refractivity contribution in [2.45, 2.75) is 6.92 Å². The molecule has 2 rings (SSSR count). The predicted molar refractivity (Wildman–Crippen MR) is 136 cm³/mol. The van der Waals surface area contributed by atoms with Crippen molar-refractivity contribution in [3.63, 3.8) is 0 Å². The molecule has 0 bridgehead atoms. The first-order chi connectivity index (χ1) is 15.8. The molecule has 0 aliphatic heterocycles. The van der Waals surface area contributed by atoms with Crippen molar-refractivity contribution < 1.29 is 29.0 Å². The number of aliphatic carboxylic acids is 1. The third-order valence-electron chi connectivity index (χ3n) is 3.85. The van der Waals surface area contributed by atoms with Crippen LogP contribution in [-0.4, -0.2) is 44.2 Å². The van der Waals surface area contributed by atoms with E-state index in [2.05, 4.69) is 41.9 Å². The molecule has 2 aromatic carbocycles. The first-order valence-corrected chi connectivity index (χ1v) is 11.1. The van der Waals surface area contributed by atoms with Crippen LogP contribution in [0.15, 0.2) is 62.7 Å². The summed E-state index contributed by atoms with van der Waals surface area (Å²) in [5, 5.41) is 12.0. The summed E-state index contributed by atoms with van der Waals surface area (Å²) in [7, 11) is 3.23. The maximum Gasteiger partial charge on any atom is 0.353 e. The van der Waals surface area contributed by atoms with Gasteiger partial charge in [-0.3, -0.25) is 0 Å². The van der Waals surface area contributed by atoms with Gasteiger partial charge >= 0.3 is 5.97 Å². The molecule has 0 atom stereocenters. The highest BCUT2D eigenvalue weighted by Gasteiger charge is 2.02. The lowest BCUT2D eigenvalue weighted by atomic mass is 10.2. The van der Waals surface area contributed by atoms with Crippen LogP contribution in [0.5, 0.6) is 11.5 Å². The van der Waals surface area contributed by atoms with Crippen LogP contribution in [0.3, 0.4) is 0 Å². The van der Waals surface area contributed by atoms with E-state index in [4.69, 9.17) is 25.3 Å². The Morgan fingerprint density at radius 1 is 0.970 bits per heavy atom. The summed E-state index contributed by atoms with van der Waals surface area (Å²) >= 11 is 6.76. The lowest BCUT2D eigenvalue weighted by molar-refractivity contribution is -0.129. The Kier molecular flexibility index (Phi) is 13.8. The van der Waals surface area contributed by atoms with E-state index >= 15 is 0 Å². The third kappa shape index (κ3) is 11.2. The summed E-state index contributed by atoms with van der Waals surface area (Å²) < 4.78 is 12.3. The van der Waals surface area contributed by atoms with E-state index in [1.807, 2.05) is 54.6 Å². The Labute approximate surface area is 209 Å². The molecule has 0 fully saturated rings. The highest BCUT2D eigenvalue weighted by Crippen LogP contribution is 2.24. The molecule has 0 spiro atoms. The number of ether oxygens (including phenoxy) is 2. The third-order valence-corrected chi connectivity index (χ3v) is 4.84. The van der Waals surface area contributed by atoms with Gasteiger partial charge in [0.2, 0.25) is 0 Å². The van der Waals surface area contributed by atoms with Crippen LogP contribution in [0.1, 0.15) is 18.1 Å². The molecule has 178 valence electrons. The Bertz CT molecular complexity index is 993. The molecule has 0 unspecified atom stereocenters. The number of carboxylic acids is 1. The predicted octanol–water partition coefficient (Wildman–Crippen LogP) is 5.31. The molecular weight excluding hydrogens is 560 g/mol. The summed E-state index contributed by atoms with van der Waals surface area (Å²) in [6.07, 6.45) is 7.26. The molecule has 0 aliphatic rings. The van der Waals surface area contributed by atoms with Crippen molar-refractivity contribution >= 4 is 55.7 Å². The van der Waals surface area contributed by atoms with Gasteiger partial charge in [0.15, 0.2) is 5.71 Å². The van der Waals surface area contributed by atoms with Gasteiger partial charge < -0.3 is 24.3 Å². The van der Waals surface area contributed by atoms with E-state index in [0.29, 0.717) is 6.61 Å². The number of carboxylic acid groups (broad SMARTS) is 1. The van der Waals surface area contributed by atoms with E-state index in [0.717, 1.165) is 31.6 Å². The van der Waals surface area contributed by atoms with Crippen LogP contribution in [0.2, 0.25) is 0 Å². The number of oxime groups is 1. The standard InChI is InChI=1S/C13H14BrNO4.C10H12BrNO2/c1-9(13(16)17)15-19-7-3-4-10-8-11(14)5-6-12(10)18-2;1-13-10-5-4-9(11)7-8(10)3-2-6-14-12/h3-6,8H,7H2,1-2H3,(H,16,17);2-5,7H,6,12H2,1H3. The van der Waals surface area contributed by atoms with Crippen molar-refractivity contribution in [2.75, 3.05) is 27.4 Å². The lowest BCUT2D eigenvalue weighted by Crippen LogP contribution is -2.08. The second-order valence-corrected chi connectivity index (χ2v) is 8.02. The van der Waals surface area contributed by atoms with Gasteiger partial charge in [0.1, 0.15) is 18.1 Å². The van der Waals surface area contributed by atoms with Crippen LogP contribution in [0.25, 0.3) is 12.2 Å². The minimum Gasteiger partial charge on any atom is -0.496 e. The number of hydrogen-bond acceptors (Lipinski definition) is 7. The quantitative estimate of drug-likeness (QED) is 0.221. The molecule has 10 heteroatoms. The van der Waals surface area contributed by atoms with Crippen LogP contribution < -0.4 is 15.4 Å². The van der Waals surface area contributed by atoms with Gasteiger partial charge in [0.25, 0.3) is 0 Å². The number of rotatable bonds is 10. The second kappa shape index (κ2) is 16.0. The molecule has 0 aromatic heterocycles. The van der Waals surface area contributed by atoms with Gasteiger partial charge in [-0.05, 0) is 49.4 Å². The molecule has 33 heavy (non-hydrogen) atoms. The van der Waals surface area contributed by atoms with Crippen LogP contribution in [0.4, 0.5) is 0 Å². The fourth-order valence-corrected chi connectivity index (χ4v) is 3.05. The Morgan fingerprint density at radius 3 is 1.88 bits per heavy atom. The minimum atomic E-state index is -1.10. The first-order valence-electron chi connectivity index (χ1n) is 9.54. The van der Waals surface area contributed by atoms with Crippen molar-refractivity contribution in [1.82, 2.24) is 0 Å². The van der Waals surface area contributed by atoms with Crippen LogP contribution >= 0.6 is 31.9 Å². The SMILES string of the molecule is COc1ccc(Br)cc1C=CCON.COc1ccc(Br)cc1C=CCON=C(C)C(=O)O. The number of benzene rings is 2. The van der Waals surface area contributed by atoms with Gasteiger partial charge in [-0.25, -0.2) is 10.7 Å². The van der Waals surface area contributed by atoms with Crippen molar-refractivity contribution in [2.24, 2.45) is 11.1 Å². The number of methoxy groups -OCH3 is 2. The maximum absolute atomic E-state index is 10.5. The molecule has 0 saturated carbocycles. The van der Waals surface area contributed by atoms with Crippen molar-refractivity contribution in [3.05, 3.63) is 68.6 Å². The summed E-state index contributed by atoms with van der Waals surface area (Å²) in [6, 6.07) is 11.4. The molecule has 0 aliphatic carbocycles. The first kappa shape index (κ1) is 28.4. The minimum absolute atomic E-state index is 0.0894. The monoisotopic (exact) mass is 584 g/mol. The van der Waals surface area contributed by atoms with E-state index in [-0.39, 0.29) is 12.3 Å². The van der Waals surface area contributed by atoms with Gasteiger partial charge in [-0.15, -0.1) is 0 Å².